The van der Waals surface area contributed by atoms with Crippen molar-refractivity contribution < 1.29 is 4.79 Å². The number of para-hydroxylation sites is 1. The first kappa shape index (κ1) is 19.5. The summed E-state index contributed by atoms with van der Waals surface area (Å²) in [5.74, 6) is 0.140. The zero-order valence-electron chi connectivity index (χ0n) is 16.5. The predicted octanol–water partition coefficient (Wildman–Crippen LogP) is 3.31. The number of likely N-dealkylation sites (tertiary alicyclic amines) is 1. The molecule has 1 aromatic carbocycles. The van der Waals surface area contributed by atoms with Crippen LogP contribution in [0, 0.1) is 12.3 Å². The van der Waals surface area contributed by atoms with Gasteiger partial charge in [-0.3, -0.25) is 4.79 Å². The second-order valence-electron chi connectivity index (χ2n) is 8.54. The molecule has 2 saturated heterocycles. The van der Waals surface area contributed by atoms with Crippen molar-refractivity contribution in [2.45, 2.75) is 45.4 Å². The standard InChI is InChI=1S/C22H28N4O.ClH/c1-16-5-2-3-7-18(16)26-19-8-4-6-17(19)20(24-26)21(27)25-13-10-22(11-14-25)9-12-23-15-22;/h2-3,5,7,23H,4,6,8-15H2,1H3;1H. The van der Waals surface area contributed by atoms with E-state index in [1.165, 1.54) is 23.2 Å². The van der Waals surface area contributed by atoms with Crippen LogP contribution < -0.4 is 5.32 Å². The molecule has 3 aliphatic rings. The lowest BCUT2D eigenvalue weighted by atomic mass is 9.78. The number of benzene rings is 1. The van der Waals surface area contributed by atoms with Crippen LogP contribution in [-0.2, 0) is 12.8 Å². The molecule has 1 spiro atoms. The minimum atomic E-state index is 0. The number of hydrogen-bond donors (Lipinski definition) is 1. The molecular weight excluding hydrogens is 372 g/mol. The lowest BCUT2D eigenvalue weighted by Crippen LogP contribution is -2.44. The highest BCUT2D eigenvalue weighted by Gasteiger charge is 2.39. The second-order valence-corrected chi connectivity index (χ2v) is 8.54. The zero-order chi connectivity index (χ0) is 18.4. The van der Waals surface area contributed by atoms with Gasteiger partial charge in [0, 0.05) is 30.9 Å². The zero-order valence-corrected chi connectivity index (χ0v) is 17.4. The normalized spacial score (nSPS) is 20.2. The van der Waals surface area contributed by atoms with E-state index in [1.807, 2.05) is 15.6 Å². The Hall–Kier alpha value is -1.85. The van der Waals surface area contributed by atoms with Gasteiger partial charge in [-0.05, 0) is 69.0 Å². The van der Waals surface area contributed by atoms with E-state index in [2.05, 4.69) is 30.4 Å². The number of hydrogen-bond acceptors (Lipinski definition) is 3. The molecule has 2 aliphatic heterocycles. The molecule has 0 radical (unpaired) electrons. The maximum atomic E-state index is 13.3. The van der Waals surface area contributed by atoms with Crippen LogP contribution in [0.3, 0.4) is 0 Å². The first-order chi connectivity index (χ1) is 13.2. The van der Waals surface area contributed by atoms with Gasteiger partial charge in [0.15, 0.2) is 5.69 Å². The van der Waals surface area contributed by atoms with Crippen molar-refractivity contribution in [3.63, 3.8) is 0 Å². The summed E-state index contributed by atoms with van der Waals surface area (Å²) in [6, 6.07) is 8.31. The molecule has 0 bridgehead atoms. The van der Waals surface area contributed by atoms with Crippen molar-refractivity contribution >= 4 is 18.3 Å². The lowest BCUT2D eigenvalue weighted by Gasteiger charge is -2.38. The fourth-order valence-electron chi connectivity index (χ4n) is 5.17. The molecule has 2 fully saturated rings. The largest absolute Gasteiger partial charge is 0.337 e. The molecular formula is C22H29ClN4O. The van der Waals surface area contributed by atoms with E-state index < -0.39 is 0 Å². The Morgan fingerprint density at radius 3 is 2.64 bits per heavy atom. The van der Waals surface area contributed by atoms with E-state index in [4.69, 9.17) is 5.10 Å². The Morgan fingerprint density at radius 2 is 1.93 bits per heavy atom. The van der Waals surface area contributed by atoms with Crippen LogP contribution in [0.5, 0.6) is 0 Å². The number of amides is 1. The molecule has 0 saturated carbocycles. The summed E-state index contributed by atoms with van der Waals surface area (Å²) in [6.07, 6.45) is 6.60. The van der Waals surface area contributed by atoms with Gasteiger partial charge in [-0.1, -0.05) is 18.2 Å². The minimum Gasteiger partial charge on any atom is -0.337 e. The van der Waals surface area contributed by atoms with Crippen LogP contribution in [0.25, 0.3) is 5.69 Å². The van der Waals surface area contributed by atoms with Crippen LogP contribution in [0.1, 0.15) is 53.0 Å². The first-order valence-corrected chi connectivity index (χ1v) is 10.3. The number of nitrogens with zero attached hydrogens (tertiary/aromatic N) is 3. The molecule has 6 heteroatoms. The third kappa shape index (κ3) is 3.15. The van der Waals surface area contributed by atoms with Crippen LogP contribution in [0.15, 0.2) is 24.3 Å². The third-order valence-electron chi connectivity index (χ3n) is 6.92. The van der Waals surface area contributed by atoms with Crippen molar-refractivity contribution in [2.75, 3.05) is 26.2 Å². The van der Waals surface area contributed by atoms with E-state index >= 15 is 0 Å². The molecule has 1 aliphatic carbocycles. The lowest BCUT2D eigenvalue weighted by molar-refractivity contribution is 0.0600. The molecule has 5 nitrogen and oxygen atoms in total. The predicted molar refractivity (Wildman–Crippen MR) is 113 cm³/mol. The number of rotatable bonds is 2. The maximum absolute atomic E-state index is 13.3. The van der Waals surface area contributed by atoms with E-state index in [1.54, 1.807) is 0 Å². The summed E-state index contributed by atoms with van der Waals surface area (Å²) >= 11 is 0. The number of nitrogens with one attached hydrogen (secondary N) is 1. The highest BCUT2D eigenvalue weighted by Crippen LogP contribution is 2.38. The SMILES string of the molecule is Cc1ccccc1-n1nc(C(=O)N2CCC3(CCNC3)CC2)c2c1CCC2.Cl. The van der Waals surface area contributed by atoms with Gasteiger partial charge in [-0.25, -0.2) is 4.68 Å². The fraction of sp³-hybridized carbons (Fsp3) is 0.545. The minimum absolute atomic E-state index is 0. The van der Waals surface area contributed by atoms with Crippen molar-refractivity contribution in [1.82, 2.24) is 20.0 Å². The monoisotopic (exact) mass is 400 g/mol. The highest BCUT2D eigenvalue weighted by molar-refractivity contribution is 5.94. The van der Waals surface area contributed by atoms with Crippen LogP contribution in [0.4, 0.5) is 0 Å². The summed E-state index contributed by atoms with van der Waals surface area (Å²) in [5.41, 5.74) is 5.85. The van der Waals surface area contributed by atoms with Crippen LogP contribution in [0.2, 0.25) is 0 Å². The van der Waals surface area contributed by atoms with Gasteiger partial charge in [0.05, 0.1) is 5.69 Å². The highest BCUT2D eigenvalue weighted by atomic mass is 35.5. The topological polar surface area (TPSA) is 50.2 Å². The quantitative estimate of drug-likeness (QED) is 0.841. The second kappa shape index (κ2) is 7.53. The first-order valence-electron chi connectivity index (χ1n) is 10.3. The van der Waals surface area contributed by atoms with Gasteiger partial charge < -0.3 is 10.2 Å². The maximum Gasteiger partial charge on any atom is 0.274 e. The Bertz CT molecular complexity index is 875. The summed E-state index contributed by atoms with van der Waals surface area (Å²) in [7, 11) is 0. The van der Waals surface area contributed by atoms with Crippen LogP contribution in [-0.4, -0.2) is 46.8 Å². The average molecular weight is 401 g/mol. The molecule has 5 rings (SSSR count). The molecule has 3 heterocycles. The summed E-state index contributed by atoms with van der Waals surface area (Å²) in [6.45, 7) is 6.09. The summed E-state index contributed by atoms with van der Waals surface area (Å²) in [4.78, 5) is 15.4. The van der Waals surface area contributed by atoms with Gasteiger partial charge in [-0.15, -0.1) is 12.4 Å². The molecule has 2 aromatic rings. The van der Waals surface area contributed by atoms with Gasteiger partial charge in [0.2, 0.25) is 0 Å². The number of aromatic nitrogens is 2. The Kier molecular flexibility index (Phi) is 5.23. The number of aryl methyl sites for hydroxylation is 1. The molecule has 1 N–H and O–H groups in total. The molecule has 0 unspecified atom stereocenters. The van der Waals surface area contributed by atoms with E-state index in [0.29, 0.717) is 11.1 Å². The van der Waals surface area contributed by atoms with E-state index in [9.17, 15) is 4.79 Å². The Morgan fingerprint density at radius 1 is 1.14 bits per heavy atom. The van der Waals surface area contributed by atoms with Gasteiger partial charge in [0.25, 0.3) is 5.91 Å². The number of carbonyl (C=O) groups is 1. The van der Waals surface area contributed by atoms with Gasteiger partial charge in [0.1, 0.15) is 0 Å². The average Bonchev–Trinajstić information content (AvgIpc) is 3.40. The molecule has 1 amide bonds. The number of halogens is 1. The van der Waals surface area contributed by atoms with Crippen molar-refractivity contribution in [3.05, 3.63) is 46.8 Å². The molecule has 28 heavy (non-hydrogen) atoms. The number of fused-ring (bicyclic) bond motifs is 1. The van der Waals surface area contributed by atoms with E-state index in [-0.39, 0.29) is 18.3 Å². The molecule has 0 atom stereocenters. The van der Waals surface area contributed by atoms with Crippen molar-refractivity contribution in [2.24, 2.45) is 5.41 Å². The number of carbonyl (C=O) groups excluding carboxylic acids is 1. The van der Waals surface area contributed by atoms with Crippen molar-refractivity contribution in [1.29, 1.82) is 0 Å². The smallest absolute Gasteiger partial charge is 0.274 e. The van der Waals surface area contributed by atoms with Gasteiger partial charge in [-0.2, -0.15) is 5.10 Å². The summed E-state index contributed by atoms with van der Waals surface area (Å²) < 4.78 is 2.04. The third-order valence-corrected chi connectivity index (χ3v) is 6.92. The molecule has 1 aromatic heterocycles. The van der Waals surface area contributed by atoms with Crippen molar-refractivity contribution in [3.8, 4) is 5.69 Å². The van der Waals surface area contributed by atoms with Gasteiger partial charge >= 0.3 is 0 Å². The molecule has 150 valence electrons. The van der Waals surface area contributed by atoms with E-state index in [0.717, 1.165) is 64.0 Å². The Balaban J connectivity index is 0.00000192. The Labute approximate surface area is 172 Å². The van der Waals surface area contributed by atoms with Crippen LogP contribution >= 0.6 is 12.4 Å². The fourth-order valence-corrected chi connectivity index (χ4v) is 5.17. The summed E-state index contributed by atoms with van der Waals surface area (Å²) in [5, 5.41) is 8.34. The number of piperidine rings is 1.